The zero-order valence-corrected chi connectivity index (χ0v) is 9.60. The lowest BCUT2D eigenvalue weighted by atomic mass is 10.1. The minimum absolute atomic E-state index is 0.0577. The van der Waals surface area contributed by atoms with E-state index in [0.29, 0.717) is 0 Å². The van der Waals surface area contributed by atoms with Gasteiger partial charge in [0, 0.05) is 17.1 Å². The van der Waals surface area contributed by atoms with Gasteiger partial charge in [-0.05, 0) is 30.2 Å². The van der Waals surface area contributed by atoms with Crippen molar-refractivity contribution in [3.05, 3.63) is 40.9 Å². The molecule has 1 N–H and O–H groups in total. The molecule has 1 rings (SSSR count). The first-order valence-electron chi connectivity index (χ1n) is 4.30. The van der Waals surface area contributed by atoms with E-state index in [0.717, 1.165) is 22.1 Å². The molecule has 1 aromatic carbocycles. The van der Waals surface area contributed by atoms with Gasteiger partial charge in [0.2, 0.25) is 5.91 Å². The zero-order valence-electron chi connectivity index (χ0n) is 8.01. The highest BCUT2D eigenvalue weighted by Gasteiger charge is 2.02. The molecule has 0 aliphatic carbocycles. The first kappa shape index (κ1) is 11.0. The zero-order chi connectivity index (χ0) is 10.6. The van der Waals surface area contributed by atoms with Gasteiger partial charge in [0.25, 0.3) is 0 Å². The lowest BCUT2D eigenvalue weighted by molar-refractivity contribution is -0.114. The third kappa shape index (κ3) is 3.00. The highest BCUT2D eigenvalue weighted by atomic mass is 79.9. The monoisotopic (exact) mass is 253 g/mol. The van der Waals surface area contributed by atoms with Crippen molar-refractivity contribution in [1.82, 2.24) is 0 Å². The standard InChI is InChI=1S/C11H12BrNO/c1-3-4-9-7-10(12)5-6-11(9)13-8(2)14/h3,5-7H,1,4H2,2H3,(H,13,14). The Morgan fingerprint density at radius 1 is 1.64 bits per heavy atom. The summed E-state index contributed by atoms with van der Waals surface area (Å²) < 4.78 is 1.00. The number of allylic oxidation sites excluding steroid dienone is 1. The molecule has 0 aliphatic heterocycles. The minimum Gasteiger partial charge on any atom is -0.326 e. The molecule has 0 spiro atoms. The summed E-state index contributed by atoms with van der Waals surface area (Å²) in [5.74, 6) is -0.0577. The summed E-state index contributed by atoms with van der Waals surface area (Å²) in [5, 5.41) is 2.78. The van der Waals surface area contributed by atoms with Crippen molar-refractivity contribution < 1.29 is 4.79 Å². The van der Waals surface area contributed by atoms with Crippen LogP contribution in [-0.2, 0) is 11.2 Å². The Balaban J connectivity index is 3.01. The van der Waals surface area contributed by atoms with Gasteiger partial charge in [-0.2, -0.15) is 0 Å². The molecule has 74 valence electrons. The van der Waals surface area contributed by atoms with E-state index in [1.54, 1.807) is 0 Å². The molecule has 0 fully saturated rings. The van der Waals surface area contributed by atoms with E-state index in [1.807, 2.05) is 24.3 Å². The van der Waals surface area contributed by atoms with Crippen LogP contribution in [0.2, 0.25) is 0 Å². The fourth-order valence-electron chi connectivity index (χ4n) is 1.20. The smallest absolute Gasteiger partial charge is 0.221 e. The number of halogens is 1. The van der Waals surface area contributed by atoms with E-state index in [-0.39, 0.29) is 5.91 Å². The van der Waals surface area contributed by atoms with Crippen molar-refractivity contribution >= 4 is 27.5 Å². The number of carbonyl (C=O) groups excluding carboxylic acids is 1. The molecule has 0 saturated carbocycles. The summed E-state index contributed by atoms with van der Waals surface area (Å²) in [6.45, 7) is 5.18. The summed E-state index contributed by atoms with van der Waals surface area (Å²) in [5.41, 5.74) is 1.91. The molecule has 0 saturated heterocycles. The van der Waals surface area contributed by atoms with Crippen molar-refractivity contribution in [3.8, 4) is 0 Å². The molecular weight excluding hydrogens is 242 g/mol. The number of rotatable bonds is 3. The fourth-order valence-corrected chi connectivity index (χ4v) is 1.61. The van der Waals surface area contributed by atoms with Gasteiger partial charge in [-0.15, -0.1) is 6.58 Å². The average molecular weight is 254 g/mol. The van der Waals surface area contributed by atoms with E-state index in [2.05, 4.69) is 27.8 Å². The van der Waals surface area contributed by atoms with Crippen molar-refractivity contribution in [2.75, 3.05) is 5.32 Å². The van der Waals surface area contributed by atoms with E-state index in [1.165, 1.54) is 6.92 Å². The fraction of sp³-hybridized carbons (Fsp3) is 0.182. The molecule has 0 aliphatic rings. The molecule has 1 amide bonds. The molecule has 0 aromatic heterocycles. The SMILES string of the molecule is C=CCc1cc(Br)ccc1NC(C)=O. The number of hydrogen-bond donors (Lipinski definition) is 1. The Bertz CT molecular complexity index is 360. The van der Waals surface area contributed by atoms with Crippen LogP contribution in [0.3, 0.4) is 0 Å². The maximum Gasteiger partial charge on any atom is 0.221 e. The topological polar surface area (TPSA) is 29.1 Å². The number of amides is 1. The number of anilines is 1. The largest absolute Gasteiger partial charge is 0.326 e. The predicted octanol–water partition coefficient (Wildman–Crippen LogP) is 3.14. The summed E-state index contributed by atoms with van der Waals surface area (Å²) in [4.78, 5) is 10.9. The quantitative estimate of drug-likeness (QED) is 0.825. The van der Waals surface area contributed by atoms with Crippen LogP contribution < -0.4 is 5.32 Å². The molecule has 1 aromatic rings. The van der Waals surface area contributed by atoms with Crippen LogP contribution in [0.1, 0.15) is 12.5 Å². The second-order valence-corrected chi connectivity index (χ2v) is 3.89. The number of nitrogens with one attached hydrogen (secondary N) is 1. The molecular formula is C11H12BrNO. The van der Waals surface area contributed by atoms with Crippen LogP contribution >= 0.6 is 15.9 Å². The van der Waals surface area contributed by atoms with Crippen LogP contribution in [0.25, 0.3) is 0 Å². The Labute approximate surface area is 92.1 Å². The highest BCUT2D eigenvalue weighted by molar-refractivity contribution is 9.10. The Hall–Kier alpha value is -1.09. The van der Waals surface area contributed by atoms with Gasteiger partial charge in [0.1, 0.15) is 0 Å². The normalized spacial score (nSPS) is 9.57. The second-order valence-electron chi connectivity index (χ2n) is 2.98. The molecule has 0 atom stereocenters. The molecule has 0 radical (unpaired) electrons. The maximum atomic E-state index is 10.9. The molecule has 0 unspecified atom stereocenters. The molecule has 2 nitrogen and oxygen atoms in total. The van der Waals surface area contributed by atoms with E-state index in [9.17, 15) is 4.79 Å². The summed E-state index contributed by atoms with van der Waals surface area (Å²) in [7, 11) is 0. The Kier molecular flexibility index (Phi) is 3.89. The average Bonchev–Trinajstić information content (AvgIpc) is 2.09. The van der Waals surface area contributed by atoms with Gasteiger partial charge >= 0.3 is 0 Å². The van der Waals surface area contributed by atoms with Gasteiger partial charge in [-0.1, -0.05) is 22.0 Å². The maximum absolute atomic E-state index is 10.9. The lowest BCUT2D eigenvalue weighted by Gasteiger charge is -2.08. The van der Waals surface area contributed by atoms with Crippen molar-refractivity contribution in [3.63, 3.8) is 0 Å². The second kappa shape index (κ2) is 4.96. The minimum atomic E-state index is -0.0577. The van der Waals surface area contributed by atoms with Crippen LogP contribution in [0, 0.1) is 0 Å². The predicted molar refractivity (Wildman–Crippen MR) is 62.3 cm³/mol. The number of carbonyl (C=O) groups is 1. The van der Waals surface area contributed by atoms with Crippen LogP contribution in [0.5, 0.6) is 0 Å². The first-order chi connectivity index (χ1) is 6.63. The van der Waals surface area contributed by atoms with E-state index >= 15 is 0 Å². The van der Waals surface area contributed by atoms with Crippen molar-refractivity contribution in [2.45, 2.75) is 13.3 Å². The van der Waals surface area contributed by atoms with Gasteiger partial charge in [-0.3, -0.25) is 4.79 Å². The lowest BCUT2D eigenvalue weighted by Crippen LogP contribution is -2.07. The third-order valence-corrected chi connectivity index (χ3v) is 2.24. The van der Waals surface area contributed by atoms with E-state index in [4.69, 9.17) is 0 Å². The van der Waals surface area contributed by atoms with Crippen molar-refractivity contribution in [1.29, 1.82) is 0 Å². The third-order valence-electron chi connectivity index (χ3n) is 1.74. The molecule has 14 heavy (non-hydrogen) atoms. The molecule has 3 heteroatoms. The molecule has 0 heterocycles. The highest BCUT2D eigenvalue weighted by Crippen LogP contribution is 2.21. The summed E-state index contributed by atoms with van der Waals surface area (Å²) in [6.07, 6.45) is 2.56. The molecule has 0 bridgehead atoms. The van der Waals surface area contributed by atoms with E-state index < -0.39 is 0 Å². The van der Waals surface area contributed by atoms with Gasteiger partial charge < -0.3 is 5.32 Å². The van der Waals surface area contributed by atoms with Gasteiger partial charge in [0.05, 0.1) is 0 Å². The van der Waals surface area contributed by atoms with Gasteiger partial charge in [0.15, 0.2) is 0 Å². The number of benzene rings is 1. The summed E-state index contributed by atoms with van der Waals surface area (Å²) in [6, 6.07) is 5.76. The van der Waals surface area contributed by atoms with Crippen LogP contribution in [-0.4, -0.2) is 5.91 Å². The number of hydrogen-bond acceptors (Lipinski definition) is 1. The Morgan fingerprint density at radius 2 is 2.36 bits per heavy atom. The van der Waals surface area contributed by atoms with Crippen LogP contribution in [0.15, 0.2) is 35.3 Å². The van der Waals surface area contributed by atoms with Gasteiger partial charge in [-0.25, -0.2) is 0 Å². The Morgan fingerprint density at radius 3 is 2.93 bits per heavy atom. The van der Waals surface area contributed by atoms with Crippen LogP contribution in [0.4, 0.5) is 5.69 Å². The summed E-state index contributed by atoms with van der Waals surface area (Å²) >= 11 is 3.39. The van der Waals surface area contributed by atoms with Crippen molar-refractivity contribution in [2.24, 2.45) is 0 Å². The first-order valence-corrected chi connectivity index (χ1v) is 5.09.